The number of para-hydroxylation sites is 1. The molecule has 0 spiro atoms. The fourth-order valence-electron chi connectivity index (χ4n) is 1.73. The normalized spacial score (nSPS) is 10.5. The molecule has 5 heteroatoms. The van der Waals surface area contributed by atoms with Gasteiger partial charge in [-0.3, -0.25) is 0 Å². The molecule has 20 heavy (non-hydrogen) atoms. The highest BCUT2D eigenvalue weighted by Gasteiger charge is 2.07. The molecule has 0 saturated carbocycles. The van der Waals surface area contributed by atoms with E-state index in [4.69, 9.17) is 27.9 Å². The summed E-state index contributed by atoms with van der Waals surface area (Å²) >= 11 is 11.7. The summed E-state index contributed by atoms with van der Waals surface area (Å²) in [5.74, 6) is 0.899. The molecule has 0 atom stereocenters. The van der Waals surface area contributed by atoms with Crippen molar-refractivity contribution in [2.45, 2.75) is 6.54 Å². The summed E-state index contributed by atoms with van der Waals surface area (Å²) in [5, 5.41) is 13.7. The zero-order valence-electron chi connectivity index (χ0n) is 10.8. The van der Waals surface area contributed by atoms with Gasteiger partial charge in [0.15, 0.2) is 0 Å². The maximum Gasteiger partial charge on any atom is 0.138 e. The molecule has 0 saturated heterocycles. The van der Waals surface area contributed by atoms with Gasteiger partial charge in [-0.2, -0.15) is 0 Å². The molecule has 2 aromatic carbocycles. The van der Waals surface area contributed by atoms with Crippen LogP contribution in [0.3, 0.4) is 0 Å². The van der Waals surface area contributed by atoms with E-state index >= 15 is 0 Å². The van der Waals surface area contributed by atoms with Crippen LogP contribution in [-0.2, 0) is 6.54 Å². The SMILES string of the molecule is Oc1c(Cl)cc(Cl)cc1CNCCOc1ccccc1. The van der Waals surface area contributed by atoms with Crippen LogP contribution in [0, 0.1) is 0 Å². The van der Waals surface area contributed by atoms with Crippen LogP contribution in [0.1, 0.15) is 5.56 Å². The first-order valence-electron chi connectivity index (χ1n) is 6.22. The Hall–Kier alpha value is -1.42. The fourth-order valence-corrected chi connectivity index (χ4v) is 2.27. The zero-order chi connectivity index (χ0) is 14.4. The number of phenols is 1. The van der Waals surface area contributed by atoms with Crippen molar-refractivity contribution in [3.8, 4) is 11.5 Å². The second-order valence-electron chi connectivity index (χ2n) is 4.23. The second kappa shape index (κ2) is 7.39. The molecule has 0 fully saturated rings. The van der Waals surface area contributed by atoms with Crippen LogP contribution < -0.4 is 10.1 Å². The summed E-state index contributed by atoms with van der Waals surface area (Å²) in [6, 6.07) is 12.8. The Balaban J connectivity index is 1.76. The molecular weight excluding hydrogens is 297 g/mol. The maximum absolute atomic E-state index is 9.79. The van der Waals surface area contributed by atoms with E-state index in [1.54, 1.807) is 6.07 Å². The van der Waals surface area contributed by atoms with E-state index in [0.29, 0.717) is 30.3 Å². The number of halogens is 2. The molecule has 2 aromatic rings. The average Bonchev–Trinajstić information content (AvgIpc) is 2.44. The Morgan fingerprint density at radius 1 is 1.10 bits per heavy atom. The summed E-state index contributed by atoms with van der Waals surface area (Å²) in [6.07, 6.45) is 0. The highest BCUT2D eigenvalue weighted by atomic mass is 35.5. The molecule has 0 aliphatic heterocycles. The lowest BCUT2D eigenvalue weighted by atomic mass is 10.2. The van der Waals surface area contributed by atoms with Crippen molar-refractivity contribution >= 4 is 23.2 Å². The van der Waals surface area contributed by atoms with Crippen molar-refractivity contribution in [1.29, 1.82) is 0 Å². The number of ether oxygens (including phenoxy) is 1. The van der Waals surface area contributed by atoms with Gasteiger partial charge in [-0.1, -0.05) is 41.4 Å². The van der Waals surface area contributed by atoms with Crippen LogP contribution in [-0.4, -0.2) is 18.3 Å². The number of benzene rings is 2. The van der Waals surface area contributed by atoms with E-state index in [2.05, 4.69) is 5.32 Å². The summed E-state index contributed by atoms with van der Waals surface area (Å²) in [5.41, 5.74) is 0.669. The topological polar surface area (TPSA) is 41.5 Å². The lowest BCUT2D eigenvalue weighted by molar-refractivity contribution is 0.313. The van der Waals surface area contributed by atoms with Gasteiger partial charge < -0.3 is 15.2 Å². The van der Waals surface area contributed by atoms with Gasteiger partial charge >= 0.3 is 0 Å². The Bertz CT molecular complexity index is 561. The molecule has 2 N–H and O–H groups in total. The van der Waals surface area contributed by atoms with E-state index in [1.807, 2.05) is 30.3 Å². The predicted molar refractivity (Wildman–Crippen MR) is 81.8 cm³/mol. The Morgan fingerprint density at radius 3 is 2.60 bits per heavy atom. The van der Waals surface area contributed by atoms with E-state index in [1.165, 1.54) is 6.07 Å². The average molecular weight is 312 g/mol. The van der Waals surface area contributed by atoms with Gasteiger partial charge in [-0.15, -0.1) is 0 Å². The van der Waals surface area contributed by atoms with Crippen LogP contribution in [0.4, 0.5) is 0 Å². The first-order valence-corrected chi connectivity index (χ1v) is 6.98. The van der Waals surface area contributed by atoms with Crippen LogP contribution >= 0.6 is 23.2 Å². The van der Waals surface area contributed by atoms with Crippen LogP contribution in [0.5, 0.6) is 11.5 Å². The van der Waals surface area contributed by atoms with E-state index in [-0.39, 0.29) is 10.8 Å². The minimum absolute atomic E-state index is 0.0625. The third-order valence-corrected chi connectivity index (χ3v) is 3.22. The van der Waals surface area contributed by atoms with Gasteiger partial charge in [0, 0.05) is 23.7 Å². The molecule has 0 bridgehead atoms. The van der Waals surface area contributed by atoms with Gasteiger partial charge in [-0.25, -0.2) is 0 Å². The second-order valence-corrected chi connectivity index (χ2v) is 5.08. The van der Waals surface area contributed by atoms with E-state index < -0.39 is 0 Å². The maximum atomic E-state index is 9.79. The zero-order valence-corrected chi connectivity index (χ0v) is 12.3. The first-order chi connectivity index (χ1) is 9.66. The summed E-state index contributed by atoms with van der Waals surface area (Å²) in [7, 11) is 0. The standard InChI is InChI=1S/C15H15Cl2NO2/c16-12-8-11(15(19)14(17)9-12)10-18-6-7-20-13-4-2-1-3-5-13/h1-5,8-9,18-19H,6-7,10H2. The van der Waals surface area contributed by atoms with Crippen molar-refractivity contribution in [2.24, 2.45) is 0 Å². The highest BCUT2D eigenvalue weighted by Crippen LogP contribution is 2.30. The Morgan fingerprint density at radius 2 is 1.85 bits per heavy atom. The third kappa shape index (κ3) is 4.30. The van der Waals surface area contributed by atoms with Crippen molar-refractivity contribution in [1.82, 2.24) is 5.32 Å². The quantitative estimate of drug-likeness (QED) is 0.796. The molecule has 0 unspecified atom stereocenters. The lowest BCUT2D eigenvalue weighted by Crippen LogP contribution is -2.20. The van der Waals surface area contributed by atoms with Gasteiger partial charge in [0.25, 0.3) is 0 Å². The predicted octanol–water partition coefficient (Wildman–Crippen LogP) is 3.87. The smallest absolute Gasteiger partial charge is 0.138 e. The van der Waals surface area contributed by atoms with Gasteiger partial charge in [0.2, 0.25) is 0 Å². The van der Waals surface area contributed by atoms with Crippen molar-refractivity contribution in [2.75, 3.05) is 13.2 Å². The number of hydrogen-bond donors (Lipinski definition) is 2. The van der Waals surface area contributed by atoms with Crippen LogP contribution in [0.15, 0.2) is 42.5 Å². The number of aromatic hydroxyl groups is 1. The number of hydrogen-bond acceptors (Lipinski definition) is 3. The molecule has 0 amide bonds. The van der Waals surface area contributed by atoms with Crippen molar-refractivity contribution in [3.05, 3.63) is 58.1 Å². The molecule has 0 aliphatic rings. The Labute approximate surface area is 128 Å². The first kappa shape index (κ1) is 15.0. The Kier molecular flexibility index (Phi) is 5.53. The van der Waals surface area contributed by atoms with E-state index in [0.717, 1.165) is 5.75 Å². The minimum Gasteiger partial charge on any atom is -0.506 e. The molecule has 3 nitrogen and oxygen atoms in total. The molecule has 2 rings (SSSR count). The number of rotatable bonds is 6. The van der Waals surface area contributed by atoms with Crippen molar-refractivity contribution in [3.63, 3.8) is 0 Å². The van der Waals surface area contributed by atoms with Crippen molar-refractivity contribution < 1.29 is 9.84 Å². The summed E-state index contributed by atoms with van der Waals surface area (Å²) < 4.78 is 5.54. The summed E-state index contributed by atoms with van der Waals surface area (Å²) in [4.78, 5) is 0. The number of phenolic OH excluding ortho intramolecular Hbond substituents is 1. The van der Waals surface area contributed by atoms with Gasteiger partial charge in [0.05, 0.1) is 5.02 Å². The fraction of sp³-hybridized carbons (Fsp3) is 0.200. The van der Waals surface area contributed by atoms with Crippen LogP contribution in [0.2, 0.25) is 10.0 Å². The molecule has 0 aromatic heterocycles. The number of nitrogens with one attached hydrogen (secondary N) is 1. The van der Waals surface area contributed by atoms with Gasteiger partial charge in [0.1, 0.15) is 18.1 Å². The molecular formula is C15H15Cl2NO2. The highest BCUT2D eigenvalue weighted by molar-refractivity contribution is 6.35. The monoisotopic (exact) mass is 311 g/mol. The summed E-state index contributed by atoms with van der Waals surface area (Å²) in [6.45, 7) is 1.67. The van der Waals surface area contributed by atoms with Gasteiger partial charge in [-0.05, 0) is 24.3 Å². The largest absolute Gasteiger partial charge is 0.506 e. The third-order valence-electron chi connectivity index (χ3n) is 2.71. The van der Waals surface area contributed by atoms with Crippen LogP contribution in [0.25, 0.3) is 0 Å². The molecule has 106 valence electrons. The molecule has 0 radical (unpaired) electrons. The van der Waals surface area contributed by atoms with E-state index in [9.17, 15) is 5.11 Å². The minimum atomic E-state index is 0.0625. The lowest BCUT2D eigenvalue weighted by Gasteiger charge is -2.10. The molecule has 0 aliphatic carbocycles. The molecule has 0 heterocycles.